The first kappa shape index (κ1) is 20.8. The Morgan fingerprint density at radius 3 is 2.55 bits per heavy atom. The number of aromatic amines is 1. The van der Waals surface area contributed by atoms with Crippen LogP contribution in [0.1, 0.15) is 20.8 Å². The van der Waals surface area contributed by atoms with Crippen molar-refractivity contribution in [2.45, 2.75) is 26.8 Å². The van der Waals surface area contributed by atoms with Gasteiger partial charge in [0.25, 0.3) is 0 Å². The number of nitrogens with zero attached hydrogens (tertiary/aromatic N) is 5. The summed E-state index contributed by atoms with van der Waals surface area (Å²) >= 11 is 0. The van der Waals surface area contributed by atoms with Gasteiger partial charge in [-0.3, -0.25) is 5.10 Å². The maximum absolute atomic E-state index is 13.5. The molecule has 1 amide bonds. The Bertz CT molecular complexity index is 1060. The third-order valence-electron chi connectivity index (χ3n) is 5.64. The van der Waals surface area contributed by atoms with Crippen LogP contribution in [-0.4, -0.2) is 61.9 Å². The Labute approximate surface area is 179 Å². The van der Waals surface area contributed by atoms with Crippen LogP contribution in [0.25, 0.3) is 22.5 Å². The van der Waals surface area contributed by atoms with E-state index in [4.69, 9.17) is 0 Å². The zero-order valence-corrected chi connectivity index (χ0v) is 17.7. The second-order valence-corrected chi connectivity index (χ2v) is 8.70. The topological polar surface area (TPSA) is 98.2 Å². The molecule has 1 aromatic carbocycles. The summed E-state index contributed by atoms with van der Waals surface area (Å²) in [6.45, 7) is 7.50. The maximum atomic E-state index is 13.5. The monoisotopic (exact) mass is 424 g/mol. The Kier molecular flexibility index (Phi) is 5.34. The second-order valence-electron chi connectivity index (χ2n) is 8.70. The lowest BCUT2D eigenvalue weighted by atomic mass is 9.84. The summed E-state index contributed by atoms with van der Waals surface area (Å²) in [7, 11) is 0. The van der Waals surface area contributed by atoms with Crippen molar-refractivity contribution in [2.75, 3.05) is 24.5 Å². The number of aromatic nitrogens is 4. The van der Waals surface area contributed by atoms with E-state index in [-0.39, 0.29) is 17.3 Å². The lowest BCUT2D eigenvalue weighted by Crippen LogP contribution is -2.59. The SMILES string of the molecule is CC(C)(C)C1CN(c2n[nH]c(-c3ccc(F)cc3)c2-c2ccncn2)CCN1C(=O)O. The molecule has 1 aliphatic rings. The predicted molar refractivity (Wildman–Crippen MR) is 115 cm³/mol. The molecular weight excluding hydrogens is 399 g/mol. The number of piperazine rings is 1. The van der Waals surface area contributed by atoms with Gasteiger partial charge in [0.1, 0.15) is 12.1 Å². The first-order valence-electron chi connectivity index (χ1n) is 10.1. The van der Waals surface area contributed by atoms with Gasteiger partial charge in [0, 0.05) is 31.4 Å². The van der Waals surface area contributed by atoms with Crippen molar-refractivity contribution in [2.24, 2.45) is 5.41 Å². The summed E-state index contributed by atoms with van der Waals surface area (Å²) in [5.74, 6) is 0.377. The minimum Gasteiger partial charge on any atom is -0.465 e. The van der Waals surface area contributed by atoms with E-state index in [1.54, 1.807) is 24.4 Å². The molecule has 4 rings (SSSR count). The fourth-order valence-electron chi connectivity index (χ4n) is 4.01. The third-order valence-corrected chi connectivity index (χ3v) is 5.64. The molecule has 3 heterocycles. The molecule has 2 aromatic heterocycles. The standard InChI is InChI=1S/C22H25FN6O2/c1-22(2,3)17-12-28(10-11-29(17)21(30)31)20-18(16-8-9-24-13-25-16)19(26-27-20)14-4-6-15(23)7-5-14/h4-9,13,17H,10-12H2,1-3H3,(H,26,27)(H,30,31). The van der Waals surface area contributed by atoms with Gasteiger partial charge in [-0.25, -0.2) is 19.2 Å². The van der Waals surface area contributed by atoms with E-state index in [1.165, 1.54) is 23.4 Å². The van der Waals surface area contributed by atoms with E-state index in [0.717, 1.165) is 16.8 Å². The summed E-state index contributed by atoms with van der Waals surface area (Å²) in [6.07, 6.45) is 2.22. The Balaban J connectivity index is 1.78. The van der Waals surface area contributed by atoms with Crippen molar-refractivity contribution in [3.8, 4) is 22.5 Å². The lowest BCUT2D eigenvalue weighted by Gasteiger charge is -2.46. The Hall–Kier alpha value is -3.49. The molecule has 0 saturated carbocycles. The number of anilines is 1. The Morgan fingerprint density at radius 2 is 1.94 bits per heavy atom. The molecule has 8 nitrogen and oxygen atoms in total. The second kappa shape index (κ2) is 7.98. The van der Waals surface area contributed by atoms with Gasteiger partial charge in [0.05, 0.1) is 23.0 Å². The number of H-pyrrole nitrogens is 1. The summed E-state index contributed by atoms with van der Waals surface area (Å²) in [5.41, 5.74) is 2.73. The van der Waals surface area contributed by atoms with Crippen molar-refractivity contribution < 1.29 is 14.3 Å². The highest BCUT2D eigenvalue weighted by molar-refractivity contribution is 5.87. The van der Waals surface area contributed by atoms with Crippen LogP contribution in [0.15, 0.2) is 42.9 Å². The zero-order valence-electron chi connectivity index (χ0n) is 17.7. The number of nitrogens with one attached hydrogen (secondary N) is 1. The first-order chi connectivity index (χ1) is 14.8. The van der Waals surface area contributed by atoms with Crippen LogP contribution in [0.3, 0.4) is 0 Å². The van der Waals surface area contributed by atoms with Crippen LogP contribution >= 0.6 is 0 Å². The quantitative estimate of drug-likeness (QED) is 0.662. The van der Waals surface area contributed by atoms with Gasteiger partial charge < -0.3 is 14.9 Å². The van der Waals surface area contributed by atoms with Gasteiger partial charge in [0.2, 0.25) is 0 Å². The van der Waals surface area contributed by atoms with Crippen molar-refractivity contribution in [1.29, 1.82) is 0 Å². The fraction of sp³-hybridized carbons (Fsp3) is 0.364. The van der Waals surface area contributed by atoms with Crippen molar-refractivity contribution in [3.05, 3.63) is 48.7 Å². The number of benzene rings is 1. The predicted octanol–water partition coefficient (Wildman–Crippen LogP) is 3.89. The molecule has 1 saturated heterocycles. The number of amides is 1. The molecule has 2 N–H and O–H groups in total. The molecule has 1 atom stereocenters. The molecule has 31 heavy (non-hydrogen) atoms. The van der Waals surface area contributed by atoms with Crippen LogP contribution in [0.2, 0.25) is 0 Å². The molecule has 0 radical (unpaired) electrons. The van der Waals surface area contributed by atoms with Gasteiger partial charge >= 0.3 is 6.09 Å². The summed E-state index contributed by atoms with van der Waals surface area (Å²) in [5, 5.41) is 17.3. The van der Waals surface area contributed by atoms with Gasteiger partial charge in [-0.05, 0) is 35.7 Å². The average Bonchev–Trinajstić information content (AvgIpc) is 3.19. The van der Waals surface area contributed by atoms with Crippen molar-refractivity contribution >= 4 is 11.9 Å². The molecule has 3 aromatic rings. The molecule has 0 spiro atoms. The number of hydrogen-bond donors (Lipinski definition) is 2. The molecule has 1 fully saturated rings. The van der Waals surface area contributed by atoms with Crippen LogP contribution < -0.4 is 4.90 Å². The van der Waals surface area contributed by atoms with Crippen molar-refractivity contribution in [1.82, 2.24) is 25.1 Å². The molecule has 9 heteroatoms. The van der Waals surface area contributed by atoms with Gasteiger partial charge in [-0.2, -0.15) is 5.10 Å². The Morgan fingerprint density at radius 1 is 1.19 bits per heavy atom. The summed E-state index contributed by atoms with van der Waals surface area (Å²) < 4.78 is 13.5. The minimum absolute atomic E-state index is 0.206. The van der Waals surface area contributed by atoms with Gasteiger partial charge in [-0.1, -0.05) is 20.8 Å². The average molecular weight is 424 g/mol. The van der Waals surface area contributed by atoms with Gasteiger partial charge in [0.15, 0.2) is 5.82 Å². The van der Waals surface area contributed by atoms with Crippen LogP contribution in [-0.2, 0) is 0 Å². The minimum atomic E-state index is -0.912. The molecule has 162 valence electrons. The number of hydrogen-bond acceptors (Lipinski definition) is 5. The molecule has 1 aliphatic heterocycles. The fourth-order valence-corrected chi connectivity index (χ4v) is 4.01. The summed E-state index contributed by atoms with van der Waals surface area (Å²) in [4.78, 5) is 23.8. The van der Waals surface area contributed by atoms with E-state index in [2.05, 4.69) is 25.1 Å². The highest BCUT2D eigenvalue weighted by Gasteiger charge is 2.39. The summed E-state index contributed by atoms with van der Waals surface area (Å²) in [6, 6.07) is 7.79. The van der Waals surface area contributed by atoms with E-state index in [1.807, 2.05) is 20.8 Å². The number of halogens is 1. The van der Waals surface area contributed by atoms with Crippen LogP contribution in [0.4, 0.5) is 15.0 Å². The smallest absolute Gasteiger partial charge is 0.407 e. The number of carbonyl (C=O) groups is 1. The number of carboxylic acid groups (broad SMARTS) is 1. The van der Waals surface area contributed by atoms with E-state index < -0.39 is 6.09 Å². The zero-order chi connectivity index (χ0) is 22.2. The van der Waals surface area contributed by atoms with E-state index in [0.29, 0.717) is 31.1 Å². The first-order valence-corrected chi connectivity index (χ1v) is 10.1. The van der Waals surface area contributed by atoms with E-state index in [9.17, 15) is 14.3 Å². The van der Waals surface area contributed by atoms with Crippen LogP contribution in [0, 0.1) is 11.2 Å². The highest BCUT2D eigenvalue weighted by atomic mass is 19.1. The largest absolute Gasteiger partial charge is 0.465 e. The maximum Gasteiger partial charge on any atom is 0.407 e. The van der Waals surface area contributed by atoms with Crippen molar-refractivity contribution in [3.63, 3.8) is 0 Å². The van der Waals surface area contributed by atoms with E-state index >= 15 is 0 Å². The molecule has 0 bridgehead atoms. The highest BCUT2D eigenvalue weighted by Crippen LogP contribution is 2.38. The molecular formula is C22H25FN6O2. The van der Waals surface area contributed by atoms with Gasteiger partial charge in [-0.15, -0.1) is 0 Å². The van der Waals surface area contributed by atoms with Crippen LogP contribution in [0.5, 0.6) is 0 Å². The normalized spacial score (nSPS) is 17.1. The molecule has 0 aliphatic carbocycles. The lowest BCUT2D eigenvalue weighted by molar-refractivity contribution is 0.0747. The third kappa shape index (κ3) is 4.08. The number of rotatable bonds is 3. The molecule has 1 unspecified atom stereocenters.